The van der Waals surface area contributed by atoms with Crippen LogP contribution in [0, 0.1) is 0 Å². The van der Waals surface area contributed by atoms with Crippen molar-refractivity contribution in [2.75, 3.05) is 39.3 Å². The van der Waals surface area contributed by atoms with Crippen LogP contribution in [0.1, 0.15) is 53.9 Å². The molecule has 0 aliphatic carbocycles. The second kappa shape index (κ2) is 10.5. The lowest BCUT2D eigenvalue weighted by Gasteiger charge is -2.49. The van der Waals surface area contributed by atoms with E-state index in [1.54, 1.807) is 0 Å². The van der Waals surface area contributed by atoms with E-state index in [0.29, 0.717) is 25.6 Å². The first kappa shape index (κ1) is 24.0. The molecular weight excluding hydrogens is 457 g/mol. The highest BCUT2D eigenvalue weighted by Crippen LogP contribution is 2.24. The molecule has 1 N–H and O–H groups in total. The van der Waals surface area contributed by atoms with Gasteiger partial charge in [-0.1, -0.05) is 0 Å². The Morgan fingerprint density at radius 1 is 1.19 bits per heavy atom. The molecule has 0 bridgehead atoms. The highest BCUT2D eigenvalue weighted by Gasteiger charge is 2.40. The zero-order valence-corrected chi connectivity index (χ0v) is 19.8. The van der Waals surface area contributed by atoms with E-state index in [1.165, 1.54) is 6.42 Å². The van der Waals surface area contributed by atoms with Gasteiger partial charge in [0, 0.05) is 32.2 Å². The number of amides is 2. The molecule has 7 nitrogen and oxygen atoms in total. The number of halogens is 1. The number of hydrogen-bond acceptors (Lipinski definition) is 3. The summed E-state index contributed by atoms with van der Waals surface area (Å²) in [6.07, 6.45) is 3.36. The molecule has 27 heavy (non-hydrogen) atoms. The van der Waals surface area contributed by atoms with Crippen LogP contribution in [0.2, 0.25) is 0 Å². The number of likely N-dealkylation sites (tertiary alicyclic amines) is 1. The van der Waals surface area contributed by atoms with E-state index < -0.39 is 0 Å². The summed E-state index contributed by atoms with van der Waals surface area (Å²) in [5, 5.41) is 3.25. The molecule has 0 unspecified atom stereocenters. The third-order valence-electron chi connectivity index (χ3n) is 5.05. The van der Waals surface area contributed by atoms with E-state index in [-0.39, 0.29) is 53.9 Å². The lowest BCUT2D eigenvalue weighted by molar-refractivity contribution is -0.145. The van der Waals surface area contributed by atoms with E-state index in [1.807, 2.05) is 35.5 Å². The Morgan fingerprint density at radius 3 is 2.33 bits per heavy atom. The SMILES string of the molecule is CCNC(=NCC(=O)N1CCCCC1)N1CC(=O)N(C(C)C)C(C)(C)C1.I. The monoisotopic (exact) mass is 493 g/mol. The fourth-order valence-corrected chi connectivity index (χ4v) is 4.12. The van der Waals surface area contributed by atoms with E-state index >= 15 is 0 Å². The smallest absolute Gasteiger partial charge is 0.244 e. The predicted octanol–water partition coefficient (Wildman–Crippen LogP) is 1.91. The maximum atomic E-state index is 12.7. The van der Waals surface area contributed by atoms with Gasteiger partial charge >= 0.3 is 0 Å². The quantitative estimate of drug-likeness (QED) is 0.369. The molecule has 2 aliphatic heterocycles. The van der Waals surface area contributed by atoms with E-state index in [9.17, 15) is 9.59 Å². The summed E-state index contributed by atoms with van der Waals surface area (Å²) >= 11 is 0. The van der Waals surface area contributed by atoms with Gasteiger partial charge in [-0.25, -0.2) is 4.99 Å². The number of guanidine groups is 1. The van der Waals surface area contributed by atoms with Gasteiger partial charge in [0.25, 0.3) is 0 Å². The second-order valence-corrected chi connectivity index (χ2v) is 8.14. The molecule has 2 rings (SSSR count). The second-order valence-electron chi connectivity index (χ2n) is 8.14. The zero-order chi connectivity index (χ0) is 19.3. The number of nitrogens with zero attached hydrogens (tertiary/aromatic N) is 4. The van der Waals surface area contributed by atoms with Crippen LogP contribution >= 0.6 is 24.0 Å². The normalized spacial score (nSPS) is 20.6. The molecule has 0 aromatic rings. The van der Waals surface area contributed by atoms with Gasteiger partial charge in [-0.15, -0.1) is 24.0 Å². The van der Waals surface area contributed by atoms with E-state index in [0.717, 1.165) is 25.9 Å². The summed E-state index contributed by atoms with van der Waals surface area (Å²) in [7, 11) is 0. The first-order chi connectivity index (χ1) is 12.3. The standard InChI is InChI=1S/C19H35N5O2.HI/c1-6-20-18(21-12-16(25)22-10-8-7-9-11-22)23-13-17(26)24(15(2)3)19(4,5)14-23;/h15H,6-14H2,1-5H3,(H,20,21);1H. The van der Waals surface area contributed by atoms with Gasteiger partial charge in [0.2, 0.25) is 11.8 Å². The van der Waals surface area contributed by atoms with Crippen LogP contribution in [-0.2, 0) is 9.59 Å². The summed E-state index contributed by atoms with van der Waals surface area (Å²) in [5.74, 6) is 0.832. The number of rotatable bonds is 4. The molecule has 0 spiro atoms. The Hall–Kier alpha value is -1.06. The zero-order valence-electron chi connectivity index (χ0n) is 17.5. The fourth-order valence-electron chi connectivity index (χ4n) is 4.12. The van der Waals surface area contributed by atoms with Crippen molar-refractivity contribution in [1.29, 1.82) is 0 Å². The van der Waals surface area contributed by atoms with Gasteiger partial charge in [-0.2, -0.15) is 0 Å². The molecular formula is C19H36IN5O2. The van der Waals surface area contributed by atoms with E-state index in [2.05, 4.69) is 24.2 Å². The summed E-state index contributed by atoms with van der Waals surface area (Å²) in [6, 6.07) is 0.167. The minimum Gasteiger partial charge on any atom is -0.356 e. The first-order valence-electron chi connectivity index (χ1n) is 9.89. The van der Waals surface area contributed by atoms with Gasteiger partial charge in [0.15, 0.2) is 5.96 Å². The minimum atomic E-state index is -0.281. The van der Waals surface area contributed by atoms with Crippen LogP contribution in [0.3, 0.4) is 0 Å². The summed E-state index contributed by atoms with van der Waals surface area (Å²) in [6.45, 7) is 13.8. The molecule has 2 amide bonds. The van der Waals surface area contributed by atoms with Gasteiger partial charge in [-0.3, -0.25) is 9.59 Å². The molecule has 0 radical (unpaired) electrons. The molecule has 0 saturated carbocycles. The Balaban J connectivity index is 0.00000364. The molecule has 2 fully saturated rings. The van der Waals surface area contributed by atoms with Crippen molar-refractivity contribution >= 4 is 41.8 Å². The minimum absolute atomic E-state index is 0. The average Bonchev–Trinajstić information content (AvgIpc) is 2.57. The van der Waals surface area contributed by atoms with E-state index in [4.69, 9.17) is 0 Å². The number of carbonyl (C=O) groups is 2. The van der Waals surface area contributed by atoms with Gasteiger partial charge < -0.3 is 20.0 Å². The van der Waals surface area contributed by atoms with Gasteiger partial charge in [0.1, 0.15) is 6.54 Å². The van der Waals surface area contributed by atoms with Crippen LogP contribution in [0.5, 0.6) is 0 Å². The van der Waals surface area contributed by atoms with Crippen molar-refractivity contribution in [2.24, 2.45) is 4.99 Å². The molecule has 0 aromatic carbocycles. The Kier molecular flexibility index (Phi) is 9.30. The Bertz CT molecular complexity index is 544. The summed E-state index contributed by atoms with van der Waals surface area (Å²) in [4.78, 5) is 35.5. The number of hydrogen-bond donors (Lipinski definition) is 1. The van der Waals surface area contributed by atoms with Gasteiger partial charge in [0.05, 0.1) is 12.1 Å². The van der Waals surface area contributed by atoms with Crippen LogP contribution in [-0.4, -0.2) is 83.3 Å². The lowest BCUT2D eigenvalue weighted by Crippen LogP contribution is -2.66. The molecule has 8 heteroatoms. The predicted molar refractivity (Wildman–Crippen MR) is 119 cm³/mol. The molecule has 2 saturated heterocycles. The molecule has 2 heterocycles. The fraction of sp³-hybridized carbons (Fsp3) is 0.842. The maximum Gasteiger partial charge on any atom is 0.244 e. The maximum absolute atomic E-state index is 12.7. The topological polar surface area (TPSA) is 68.2 Å². The first-order valence-corrected chi connectivity index (χ1v) is 9.89. The highest BCUT2D eigenvalue weighted by molar-refractivity contribution is 14.0. The van der Waals surface area contributed by atoms with Crippen molar-refractivity contribution in [3.05, 3.63) is 0 Å². The number of piperidine rings is 1. The van der Waals surface area contributed by atoms with Crippen molar-refractivity contribution < 1.29 is 9.59 Å². The third-order valence-corrected chi connectivity index (χ3v) is 5.05. The summed E-state index contributed by atoms with van der Waals surface area (Å²) < 4.78 is 0. The number of aliphatic imine (C=N–C) groups is 1. The Morgan fingerprint density at radius 2 is 1.81 bits per heavy atom. The molecule has 0 atom stereocenters. The lowest BCUT2D eigenvalue weighted by atomic mass is 9.96. The average molecular weight is 493 g/mol. The molecule has 0 aromatic heterocycles. The Labute approximate surface area is 180 Å². The summed E-state index contributed by atoms with van der Waals surface area (Å²) in [5.41, 5.74) is -0.281. The van der Waals surface area contributed by atoms with Gasteiger partial charge in [-0.05, 0) is 53.9 Å². The van der Waals surface area contributed by atoms with Crippen molar-refractivity contribution in [3.63, 3.8) is 0 Å². The highest BCUT2D eigenvalue weighted by atomic mass is 127. The molecule has 156 valence electrons. The molecule has 2 aliphatic rings. The number of piperazine rings is 1. The van der Waals surface area contributed by atoms with Crippen molar-refractivity contribution in [1.82, 2.24) is 20.0 Å². The number of nitrogens with one attached hydrogen (secondary N) is 1. The van der Waals surface area contributed by atoms with Crippen molar-refractivity contribution in [3.8, 4) is 0 Å². The van der Waals surface area contributed by atoms with Crippen molar-refractivity contribution in [2.45, 2.75) is 65.5 Å². The third kappa shape index (κ3) is 6.22. The van der Waals surface area contributed by atoms with Crippen LogP contribution in [0.4, 0.5) is 0 Å². The largest absolute Gasteiger partial charge is 0.356 e. The van der Waals surface area contributed by atoms with Crippen LogP contribution in [0.15, 0.2) is 4.99 Å². The van der Waals surface area contributed by atoms with Crippen LogP contribution in [0.25, 0.3) is 0 Å². The number of carbonyl (C=O) groups excluding carboxylic acids is 2. The van der Waals surface area contributed by atoms with Crippen LogP contribution < -0.4 is 5.32 Å².